The van der Waals surface area contributed by atoms with Crippen molar-refractivity contribution in [3.8, 4) is 5.75 Å². The highest BCUT2D eigenvalue weighted by Gasteiger charge is 2.11. The summed E-state index contributed by atoms with van der Waals surface area (Å²) in [6.45, 7) is 4.01. The molecular weight excluding hydrogens is 336 g/mol. The Balaban J connectivity index is 2.03. The fraction of sp³-hybridized carbons (Fsp3) is 0.214. The van der Waals surface area contributed by atoms with Crippen LogP contribution < -0.4 is 5.43 Å². The maximum Gasteiger partial charge on any atom is 0.291 e. The number of amides is 1. The number of phenols is 1. The van der Waals surface area contributed by atoms with Gasteiger partial charge in [0.25, 0.3) is 5.91 Å². The highest BCUT2D eigenvalue weighted by atomic mass is 79.9. The highest BCUT2D eigenvalue weighted by Crippen LogP contribution is 2.19. The van der Waals surface area contributed by atoms with Gasteiger partial charge in [0, 0.05) is 15.7 Å². The Morgan fingerprint density at radius 3 is 2.90 bits per heavy atom. The number of hydrogen-bond acceptors (Lipinski definition) is 4. The van der Waals surface area contributed by atoms with Gasteiger partial charge in [-0.05, 0) is 30.2 Å². The van der Waals surface area contributed by atoms with Gasteiger partial charge in [0.2, 0.25) is 0 Å². The van der Waals surface area contributed by atoms with Gasteiger partial charge in [0.15, 0.2) is 5.69 Å². The Labute approximate surface area is 130 Å². The van der Waals surface area contributed by atoms with E-state index >= 15 is 0 Å². The second-order valence-corrected chi connectivity index (χ2v) is 5.68. The van der Waals surface area contributed by atoms with Crippen molar-refractivity contribution in [2.45, 2.75) is 19.8 Å². The molecule has 0 aliphatic rings. The van der Waals surface area contributed by atoms with Gasteiger partial charge in [0.05, 0.1) is 6.21 Å². The standard InChI is InChI=1S/C14H15BrN4O2/c1-8(2)11-6-12(18-17-11)14(21)19-16-7-9-5-10(15)3-4-13(9)20/h3-8,20H,1-2H3,(H,17,18)(H,19,21). The number of carbonyl (C=O) groups is 1. The van der Waals surface area contributed by atoms with E-state index in [2.05, 4.69) is 36.7 Å². The van der Waals surface area contributed by atoms with Crippen LogP contribution in [0, 0.1) is 0 Å². The quantitative estimate of drug-likeness (QED) is 0.584. The van der Waals surface area contributed by atoms with Crippen LogP contribution in [-0.2, 0) is 0 Å². The fourth-order valence-electron chi connectivity index (χ4n) is 1.60. The Bertz CT molecular complexity index is 679. The smallest absolute Gasteiger partial charge is 0.291 e. The van der Waals surface area contributed by atoms with Crippen LogP contribution in [-0.4, -0.2) is 27.4 Å². The topological polar surface area (TPSA) is 90.4 Å². The lowest BCUT2D eigenvalue weighted by Gasteiger charge is -1.99. The molecule has 0 aliphatic heterocycles. The number of carbonyl (C=O) groups excluding carboxylic acids is 1. The van der Waals surface area contributed by atoms with E-state index in [0.29, 0.717) is 5.56 Å². The Hall–Kier alpha value is -2.15. The zero-order valence-electron chi connectivity index (χ0n) is 11.6. The Kier molecular flexibility index (Phi) is 4.74. The SMILES string of the molecule is CC(C)c1cc(C(=O)NN=Cc2cc(Br)ccc2O)n[nH]1. The minimum Gasteiger partial charge on any atom is -0.507 e. The molecule has 2 rings (SSSR count). The maximum absolute atomic E-state index is 11.8. The summed E-state index contributed by atoms with van der Waals surface area (Å²) >= 11 is 3.30. The van der Waals surface area contributed by atoms with Crippen LogP contribution in [0.25, 0.3) is 0 Å². The maximum atomic E-state index is 11.8. The second kappa shape index (κ2) is 6.53. The predicted molar refractivity (Wildman–Crippen MR) is 83.5 cm³/mol. The summed E-state index contributed by atoms with van der Waals surface area (Å²) in [6.07, 6.45) is 1.37. The van der Waals surface area contributed by atoms with Crippen molar-refractivity contribution in [1.82, 2.24) is 15.6 Å². The molecule has 0 aliphatic carbocycles. The molecule has 3 N–H and O–H groups in total. The first-order valence-corrected chi connectivity index (χ1v) is 7.14. The first-order valence-electron chi connectivity index (χ1n) is 6.34. The van der Waals surface area contributed by atoms with E-state index in [1.165, 1.54) is 12.3 Å². The highest BCUT2D eigenvalue weighted by molar-refractivity contribution is 9.10. The molecule has 0 saturated heterocycles. The van der Waals surface area contributed by atoms with Crippen molar-refractivity contribution in [2.24, 2.45) is 5.10 Å². The molecule has 0 unspecified atom stereocenters. The van der Waals surface area contributed by atoms with Crippen molar-refractivity contribution >= 4 is 28.1 Å². The van der Waals surface area contributed by atoms with Crippen LogP contribution in [0.1, 0.15) is 41.5 Å². The van der Waals surface area contributed by atoms with E-state index in [1.54, 1.807) is 18.2 Å². The van der Waals surface area contributed by atoms with E-state index in [-0.39, 0.29) is 17.4 Å². The number of halogens is 1. The lowest BCUT2D eigenvalue weighted by molar-refractivity contribution is 0.0950. The fourth-order valence-corrected chi connectivity index (χ4v) is 1.97. The molecule has 110 valence electrons. The van der Waals surface area contributed by atoms with E-state index in [0.717, 1.165) is 10.2 Å². The second-order valence-electron chi connectivity index (χ2n) is 4.77. The van der Waals surface area contributed by atoms with Gasteiger partial charge in [-0.3, -0.25) is 9.89 Å². The van der Waals surface area contributed by atoms with Gasteiger partial charge in [0.1, 0.15) is 5.75 Å². The molecule has 21 heavy (non-hydrogen) atoms. The van der Waals surface area contributed by atoms with Crippen molar-refractivity contribution in [3.05, 3.63) is 45.7 Å². The van der Waals surface area contributed by atoms with Gasteiger partial charge in [-0.1, -0.05) is 29.8 Å². The zero-order chi connectivity index (χ0) is 15.4. The van der Waals surface area contributed by atoms with Gasteiger partial charge in [-0.25, -0.2) is 5.43 Å². The summed E-state index contributed by atoms with van der Waals surface area (Å²) in [4.78, 5) is 11.8. The lowest BCUT2D eigenvalue weighted by atomic mass is 10.1. The minimum absolute atomic E-state index is 0.0815. The molecule has 6 nitrogen and oxygen atoms in total. The summed E-state index contributed by atoms with van der Waals surface area (Å²) in [5, 5.41) is 20.2. The normalized spacial score (nSPS) is 11.2. The number of nitrogens with zero attached hydrogens (tertiary/aromatic N) is 2. The minimum atomic E-state index is -0.413. The molecule has 1 amide bonds. The third kappa shape index (κ3) is 3.91. The molecule has 0 radical (unpaired) electrons. The van der Waals surface area contributed by atoms with Gasteiger partial charge in [-0.2, -0.15) is 10.2 Å². The van der Waals surface area contributed by atoms with Crippen LogP contribution >= 0.6 is 15.9 Å². The molecule has 7 heteroatoms. The summed E-state index contributed by atoms with van der Waals surface area (Å²) < 4.78 is 0.807. The third-order valence-electron chi connectivity index (χ3n) is 2.81. The van der Waals surface area contributed by atoms with Crippen molar-refractivity contribution in [3.63, 3.8) is 0 Å². The number of aromatic amines is 1. The average molecular weight is 351 g/mol. The molecule has 0 atom stereocenters. The molecule has 0 saturated carbocycles. The molecule has 1 aromatic heterocycles. The van der Waals surface area contributed by atoms with E-state index < -0.39 is 5.91 Å². The van der Waals surface area contributed by atoms with Gasteiger partial charge in [-0.15, -0.1) is 0 Å². The monoisotopic (exact) mass is 350 g/mol. The first kappa shape index (κ1) is 15.2. The average Bonchev–Trinajstić information content (AvgIpc) is 2.92. The largest absolute Gasteiger partial charge is 0.507 e. The summed E-state index contributed by atoms with van der Waals surface area (Å²) in [5.41, 5.74) is 4.02. The van der Waals surface area contributed by atoms with E-state index in [4.69, 9.17) is 0 Å². The molecule has 2 aromatic rings. The molecule has 0 fully saturated rings. The van der Waals surface area contributed by atoms with Gasteiger partial charge >= 0.3 is 0 Å². The van der Waals surface area contributed by atoms with Crippen LogP contribution in [0.5, 0.6) is 5.75 Å². The molecule has 0 bridgehead atoms. The van der Waals surface area contributed by atoms with Gasteiger partial charge < -0.3 is 5.11 Å². The van der Waals surface area contributed by atoms with Crippen LogP contribution in [0.4, 0.5) is 0 Å². The van der Waals surface area contributed by atoms with E-state index in [1.807, 2.05) is 13.8 Å². The van der Waals surface area contributed by atoms with Crippen molar-refractivity contribution in [1.29, 1.82) is 0 Å². The number of aromatic hydroxyl groups is 1. The number of benzene rings is 1. The van der Waals surface area contributed by atoms with E-state index in [9.17, 15) is 9.90 Å². The number of hydrazone groups is 1. The number of nitrogens with one attached hydrogen (secondary N) is 2. The number of rotatable bonds is 4. The van der Waals surface area contributed by atoms with Crippen molar-refractivity contribution in [2.75, 3.05) is 0 Å². The number of H-pyrrole nitrogens is 1. The molecule has 1 heterocycles. The predicted octanol–water partition coefficient (Wildman–Crippen LogP) is 2.77. The number of hydrogen-bond donors (Lipinski definition) is 3. The third-order valence-corrected chi connectivity index (χ3v) is 3.30. The van der Waals surface area contributed by atoms with Crippen LogP contribution in [0.3, 0.4) is 0 Å². The Morgan fingerprint density at radius 1 is 1.48 bits per heavy atom. The lowest BCUT2D eigenvalue weighted by Crippen LogP contribution is -2.18. The molecule has 1 aromatic carbocycles. The van der Waals surface area contributed by atoms with Crippen LogP contribution in [0.2, 0.25) is 0 Å². The Morgan fingerprint density at radius 2 is 2.24 bits per heavy atom. The molecule has 0 spiro atoms. The first-order chi connectivity index (χ1) is 9.97. The number of aromatic nitrogens is 2. The zero-order valence-corrected chi connectivity index (χ0v) is 13.2. The number of phenolic OH excluding ortho intramolecular Hbond substituents is 1. The summed E-state index contributed by atoms with van der Waals surface area (Å²) in [5.74, 6) is -0.0666. The summed E-state index contributed by atoms with van der Waals surface area (Å²) in [7, 11) is 0. The molecular formula is C14H15BrN4O2. The van der Waals surface area contributed by atoms with Crippen molar-refractivity contribution < 1.29 is 9.90 Å². The summed E-state index contributed by atoms with van der Waals surface area (Å²) in [6, 6.07) is 6.63. The van der Waals surface area contributed by atoms with Crippen LogP contribution in [0.15, 0.2) is 33.8 Å².